The van der Waals surface area contributed by atoms with Crippen LogP contribution in [0.2, 0.25) is 0 Å². The average Bonchev–Trinajstić information content (AvgIpc) is 2.60. The molecule has 1 aromatic rings. The predicted octanol–water partition coefficient (Wildman–Crippen LogP) is 4.43. The molecule has 100 valence electrons. The van der Waals surface area contributed by atoms with Crippen LogP contribution in [0.4, 0.5) is 0 Å². The van der Waals surface area contributed by atoms with Gasteiger partial charge in [-0.2, -0.15) is 0 Å². The van der Waals surface area contributed by atoms with Gasteiger partial charge in [-0.15, -0.1) is 11.3 Å². The smallest absolute Gasteiger partial charge is 0.336 e. The SMILES string of the molecule is C=CC=CC=CC=CC(=O)Oc1c(C)sc(C)c1C. The van der Waals surface area contributed by atoms with Gasteiger partial charge in [-0.05, 0) is 20.8 Å². The molecule has 0 atom stereocenters. The molecule has 0 aliphatic heterocycles. The van der Waals surface area contributed by atoms with Crippen LogP contribution in [-0.2, 0) is 4.79 Å². The Balaban J connectivity index is 2.60. The van der Waals surface area contributed by atoms with Crippen molar-refractivity contribution in [2.45, 2.75) is 20.8 Å². The van der Waals surface area contributed by atoms with Crippen molar-refractivity contribution >= 4 is 17.3 Å². The zero-order chi connectivity index (χ0) is 14.3. The highest BCUT2D eigenvalue weighted by atomic mass is 32.1. The summed E-state index contributed by atoms with van der Waals surface area (Å²) < 4.78 is 5.34. The highest BCUT2D eigenvalue weighted by molar-refractivity contribution is 7.12. The maximum Gasteiger partial charge on any atom is 0.336 e. The van der Waals surface area contributed by atoms with E-state index < -0.39 is 0 Å². The number of esters is 1. The molecule has 0 amide bonds. The van der Waals surface area contributed by atoms with E-state index in [1.54, 1.807) is 29.6 Å². The molecule has 2 nitrogen and oxygen atoms in total. The highest BCUT2D eigenvalue weighted by Crippen LogP contribution is 2.33. The third-order valence-corrected chi connectivity index (χ3v) is 3.61. The van der Waals surface area contributed by atoms with Crippen LogP contribution in [-0.4, -0.2) is 5.97 Å². The fourth-order valence-corrected chi connectivity index (χ4v) is 2.46. The van der Waals surface area contributed by atoms with Gasteiger partial charge in [0.1, 0.15) is 5.75 Å². The van der Waals surface area contributed by atoms with Gasteiger partial charge < -0.3 is 4.74 Å². The summed E-state index contributed by atoms with van der Waals surface area (Å²) in [4.78, 5) is 13.9. The molecule has 0 radical (unpaired) electrons. The van der Waals surface area contributed by atoms with Crippen LogP contribution in [0.3, 0.4) is 0 Å². The quantitative estimate of drug-likeness (QED) is 0.451. The molecule has 0 saturated carbocycles. The third kappa shape index (κ3) is 4.72. The zero-order valence-electron chi connectivity index (χ0n) is 11.5. The van der Waals surface area contributed by atoms with Gasteiger partial charge >= 0.3 is 5.97 Å². The number of aryl methyl sites for hydroxylation is 2. The molecule has 0 N–H and O–H groups in total. The van der Waals surface area contributed by atoms with Crippen LogP contribution in [0.5, 0.6) is 5.75 Å². The largest absolute Gasteiger partial charge is 0.422 e. The molecule has 19 heavy (non-hydrogen) atoms. The first-order valence-electron chi connectivity index (χ1n) is 5.97. The Morgan fingerprint density at radius 2 is 1.68 bits per heavy atom. The first-order valence-corrected chi connectivity index (χ1v) is 6.78. The molecule has 1 heterocycles. The van der Waals surface area contributed by atoms with Crippen molar-refractivity contribution in [3.63, 3.8) is 0 Å². The molecule has 0 aliphatic carbocycles. The Morgan fingerprint density at radius 3 is 2.26 bits per heavy atom. The third-order valence-electron chi connectivity index (χ3n) is 2.51. The van der Waals surface area contributed by atoms with E-state index >= 15 is 0 Å². The van der Waals surface area contributed by atoms with E-state index in [2.05, 4.69) is 6.58 Å². The Hall–Kier alpha value is -1.87. The van der Waals surface area contributed by atoms with Gasteiger partial charge in [0.15, 0.2) is 0 Å². The van der Waals surface area contributed by atoms with Gasteiger partial charge in [-0.1, -0.05) is 43.0 Å². The standard InChI is InChI=1S/C16H18O2S/c1-5-6-7-8-9-10-11-15(17)18-16-12(2)13(3)19-14(16)4/h5-11H,1H2,2-4H3. The average molecular weight is 274 g/mol. The molecule has 0 bridgehead atoms. The van der Waals surface area contributed by atoms with Gasteiger partial charge in [0, 0.05) is 21.4 Å². The maximum absolute atomic E-state index is 11.6. The van der Waals surface area contributed by atoms with E-state index in [0.717, 1.165) is 10.4 Å². The van der Waals surface area contributed by atoms with E-state index in [1.165, 1.54) is 11.0 Å². The van der Waals surface area contributed by atoms with E-state index in [1.807, 2.05) is 39.0 Å². The van der Waals surface area contributed by atoms with E-state index in [4.69, 9.17) is 4.74 Å². The lowest BCUT2D eigenvalue weighted by atomic mass is 10.2. The molecule has 0 saturated heterocycles. The lowest BCUT2D eigenvalue weighted by molar-refractivity contribution is -0.129. The lowest BCUT2D eigenvalue weighted by Gasteiger charge is -2.01. The van der Waals surface area contributed by atoms with Crippen LogP contribution < -0.4 is 4.74 Å². The number of ether oxygens (including phenoxy) is 1. The van der Waals surface area contributed by atoms with Gasteiger partial charge in [0.25, 0.3) is 0 Å². The predicted molar refractivity (Wildman–Crippen MR) is 81.8 cm³/mol. The Morgan fingerprint density at radius 1 is 1.05 bits per heavy atom. The van der Waals surface area contributed by atoms with Crippen molar-refractivity contribution in [1.29, 1.82) is 0 Å². The van der Waals surface area contributed by atoms with Crippen molar-refractivity contribution < 1.29 is 9.53 Å². The molecule has 0 aromatic carbocycles. The molecule has 1 aromatic heterocycles. The Bertz CT molecular complexity index is 545. The minimum absolute atomic E-state index is 0.360. The van der Waals surface area contributed by atoms with Crippen molar-refractivity contribution in [3.05, 3.63) is 64.4 Å². The molecule has 0 spiro atoms. The number of hydrogen-bond acceptors (Lipinski definition) is 3. The van der Waals surface area contributed by atoms with Crippen molar-refractivity contribution in [1.82, 2.24) is 0 Å². The second-order valence-electron chi connectivity index (χ2n) is 3.95. The first-order chi connectivity index (χ1) is 9.06. The van der Waals surface area contributed by atoms with Crippen molar-refractivity contribution in [2.75, 3.05) is 0 Å². The van der Waals surface area contributed by atoms with Crippen molar-refractivity contribution in [2.24, 2.45) is 0 Å². The molecular weight excluding hydrogens is 256 g/mol. The van der Waals surface area contributed by atoms with Crippen LogP contribution in [0.1, 0.15) is 15.3 Å². The molecule has 3 heteroatoms. The normalized spacial score (nSPS) is 11.7. The van der Waals surface area contributed by atoms with Crippen LogP contribution >= 0.6 is 11.3 Å². The topological polar surface area (TPSA) is 26.3 Å². The van der Waals surface area contributed by atoms with Crippen LogP contribution in [0.15, 0.2) is 49.1 Å². The van der Waals surface area contributed by atoms with Gasteiger partial charge in [0.2, 0.25) is 0 Å². The van der Waals surface area contributed by atoms with Crippen molar-refractivity contribution in [3.8, 4) is 5.75 Å². The summed E-state index contributed by atoms with van der Waals surface area (Å²) >= 11 is 1.64. The van der Waals surface area contributed by atoms with Crippen LogP contribution in [0, 0.1) is 20.8 Å². The lowest BCUT2D eigenvalue weighted by Crippen LogP contribution is -2.04. The number of carbonyl (C=O) groups is 1. The summed E-state index contributed by atoms with van der Waals surface area (Å²) in [6, 6.07) is 0. The minimum Gasteiger partial charge on any atom is -0.422 e. The maximum atomic E-state index is 11.6. The fraction of sp³-hybridized carbons (Fsp3) is 0.188. The number of hydrogen-bond donors (Lipinski definition) is 0. The molecule has 1 rings (SSSR count). The summed E-state index contributed by atoms with van der Waals surface area (Å²) in [5.41, 5.74) is 1.04. The molecule has 0 fully saturated rings. The summed E-state index contributed by atoms with van der Waals surface area (Å²) in [5.74, 6) is 0.328. The number of allylic oxidation sites excluding steroid dienone is 6. The Kier molecular flexibility index (Phi) is 6.03. The number of carbonyl (C=O) groups excluding carboxylic acids is 1. The second kappa shape index (κ2) is 7.54. The summed E-state index contributed by atoms with van der Waals surface area (Å²) in [5, 5.41) is 0. The molecule has 0 aliphatic rings. The highest BCUT2D eigenvalue weighted by Gasteiger charge is 2.12. The monoisotopic (exact) mass is 274 g/mol. The number of thiophene rings is 1. The summed E-state index contributed by atoms with van der Waals surface area (Å²) in [7, 11) is 0. The number of rotatable bonds is 5. The summed E-state index contributed by atoms with van der Waals surface area (Å²) in [6.45, 7) is 9.50. The van der Waals surface area contributed by atoms with Gasteiger partial charge in [-0.3, -0.25) is 0 Å². The Labute approximate surface area is 118 Å². The van der Waals surface area contributed by atoms with Gasteiger partial charge in [0.05, 0.1) is 0 Å². The first kappa shape index (κ1) is 15.2. The zero-order valence-corrected chi connectivity index (χ0v) is 12.3. The molecular formula is C16H18O2S. The molecule has 0 unspecified atom stereocenters. The van der Waals surface area contributed by atoms with E-state index in [-0.39, 0.29) is 5.97 Å². The summed E-state index contributed by atoms with van der Waals surface area (Å²) in [6.07, 6.45) is 12.0. The second-order valence-corrected chi connectivity index (χ2v) is 5.38. The van der Waals surface area contributed by atoms with E-state index in [0.29, 0.717) is 5.75 Å². The fourth-order valence-electron chi connectivity index (χ4n) is 1.46. The minimum atomic E-state index is -0.360. The van der Waals surface area contributed by atoms with E-state index in [9.17, 15) is 4.79 Å². The van der Waals surface area contributed by atoms with Crippen LogP contribution in [0.25, 0.3) is 0 Å². The van der Waals surface area contributed by atoms with Gasteiger partial charge in [-0.25, -0.2) is 4.79 Å².